The average molecular weight is 654 g/mol. The van der Waals surface area contributed by atoms with Crippen molar-refractivity contribution in [2.75, 3.05) is 0 Å². The molecule has 0 saturated heterocycles. The van der Waals surface area contributed by atoms with Gasteiger partial charge in [-0.15, -0.1) is 0 Å². The maximum absolute atomic E-state index is 13.1. The van der Waals surface area contributed by atoms with E-state index in [-0.39, 0.29) is 11.7 Å². The summed E-state index contributed by atoms with van der Waals surface area (Å²) in [5.41, 5.74) is 6.09. The highest BCUT2D eigenvalue weighted by Gasteiger charge is 2.06. The molecule has 0 bridgehead atoms. The molecule has 0 saturated carbocycles. The van der Waals surface area contributed by atoms with Crippen LogP contribution in [0.2, 0.25) is 0 Å². The normalized spacial score (nSPS) is 9.89. The van der Waals surface area contributed by atoms with Crippen molar-refractivity contribution in [3.63, 3.8) is 0 Å². The number of nitrogens with zero attached hydrogens (tertiary/aromatic N) is 4. The first-order valence-corrected chi connectivity index (χ1v) is 15.4. The van der Waals surface area contributed by atoms with Crippen molar-refractivity contribution in [2.45, 2.75) is 79.1 Å². The summed E-state index contributed by atoms with van der Waals surface area (Å²) in [7, 11) is 0. The summed E-state index contributed by atoms with van der Waals surface area (Å²) >= 11 is 3.39. The maximum Gasteiger partial charge on any atom is 0.127 e. The highest BCUT2D eigenvalue weighted by atomic mass is 79.9. The minimum atomic E-state index is -0.288. The third-order valence-corrected chi connectivity index (χ3v) is 7.03. The summed E-state index contributed by atoms with van der Waals surface area (Å²) < 4.78 is 14.3. The molecule has 0 radical (unpaired) electrons. The predicted octanol–water partition coefficient (Wildman–Crippen LogP) is 11.2. The van der Waals surface area contributed by atoms with Gasteiger partial charge in [0.25, 0.3) is 0 Å². The minimum Gasteiger partial charge on any atom is -0.260 e. The van der Waals surface area contributed by atoms with Crippen molar-refractivity contribution in [1.29, 1.82) is 15.8 Å². The number of benzene rings is 3. The van der Waals surface area contributed by atoms with E-state index in [2.05, 4.69) is 92.8 Å². The van der Waals surface area contributed by atoms with Gasteiger partial charge < -0.3 is 0 Å². The van der Waals surface area contributed by atoms with Crippen LogP contribution in [0.3, 0.4) is 0 Å². The smallest absolute Gasteiger partial charge is 0.127 e. The number of nitriles is 3. The van der Waals surface area contributed by atoms with E-state index in [1.807, 2.05) is 56.3 Å². The van der Waals surface area contributed by atoms with Crippen molar-refractivity contribution in [3.8, 4) is 18.2 Å². The molecule has 0 N–H and O–H groups in total. The highest BCUT2D eigenvalue weighted by molar-refractivity contribution is 9.10. The van der Waals surface area contributed by atoms with Crippen LogP contribution in [0.5, 0.6) is 0 Å². The second-order valence-electron chi connectivity index (χ2n) is 11.3. The van der Waals surface area contributed by atoms with E-state index in [4.69, 9.17) is 15.8 Å². The van der Waals surface area contributed by atoms with Crippen LogP contribution in [-0.4, -0.2) is 4.98 Å². The molecule has 0 spiro atoms. The molecule has 0 amide bonds. The Balaban J connectivity index is 0.000000294. The lowest BCUT2D eigenvalue weighted by atomic mass is 10.0. The Labute approximate surface area is 272 Å². The van der Waals surface area contributed by atoms with Gasteiger partial charge in [0.1, 0.15) is 11.9 Å². The van der Waals surface area contributed by atoms with E-state index < -0.39 is 0 Å². The lowest BCUT2D eigenvalue weighted by Gasteiger charge is -2.05. The number of halogens is 2. The lowest BCUT2D eigenvalue weighted by molar-refractivity contribution is 0.598. The molecule has 0 aliphatic heterocycles. The Kier molecular flexibility index (Phi) is 17.0. The quantitative estimate of drug-likeness (QED) is 0.219. The summed E-state index contributed by atoms with van der Waals surface area (Å²) in [5, 5.41) is 25.5. The van der Waals surface area contributed by atoms with Gasteiger partial charge in [0.15, 0.2) is 0 Å². The molecule has 1 aromatic heterocycles. The van der Waals surface area contributed by atoms with Gasteiger partial charge in [-0.3, -0.25) is 4.98 Å². The van der Waals surface area contributed by atoms with E-state index in [0.717, 1.165) is 15.7 Å². The Morgan fingerprint density at radius 3 is 1.39 bits per heavy atom. The van der Waals surface area contributed by atoms with Crippen molar-refractivity contribution in [1.82, 2.24) is 4.98 Å². The van der Waals surface area contributed by atoms with E-state index in [1.165, 1.54) is 17.2 Å². The van der Waals surface area contributed by atoms with Gasteiger partial charge in [-0.2, -0.15) is 15.8 Å². The predicted molar refractivity (Wildman–Crippen MR) is 182 cm³/mol. The largest absolute Gasteiger partial charge is 0.260 e. The standard InChI is InChI=1S/C10H10FN.C10H11N.C9H11Br.C9H10N2/c1-7(2)9-4-3-8(6-12)5-10(9)11;1-8(2)10-5-3-9(7-11)4-6-10;1-7(2)8-3-5-9(10)6-4-8;1-7(2)9-4-3-8(5-10)6-11-9/h3-5,7H,1-2H3;3-6,8H,1-2H3;3-7H,1-2H3;3-4,6-7H,1-2H3. The average Bonchev–Trinajstić information content (AvgIpc) is 3.02. The van der Waals surface area contributed by atoms with Gasteiger partial charge in [-0.25, -0.2) is 4.39 Å². The van der Waals surface area contributed by atoms with Gasteiger partial charge in [0.2, 0.25) is 0 Å². The fourth-order valence-corrected chi connectivity index (χ4v) is 3.93. The van der Waals surface area contributed by atoms with E-state index >= 15 is 0 Å². The van der Waals surface area contributed by atoms with Crippen LogP contribution < -0.4 is 0 Å². The second-order valence-corrected chi connectivity index (χ2v) is 12.3. The molecule has 4 aromatic rings. The third-order valence-electron chi connectivity index (χ3n) is 6.50. The molecular formula is C38H42BrFN4. The van der Waals surface area contributed by atoms with Gasteiger partial charge >= 0.3 is 0 Å². The zero-order valence-corrected chi connectivity index (χ0v) is 28.5. The van der Waals surface area contributed by atoms with Gasteiger partial charge in [0.05, 0.1) is 28.8 Å². The van der Waals surface area contributed by atoms with Crippen molar-refractivity contribution in [3.05, 3.63) is 134 Å². The van der Waals surface area contributed by atoms with Crippen LogP contribution >= 0.6 is 15.9 Å². The topological polar surface area (TPSA) is 84.3 Å². The fraction of sp³-hybridized carbons (Fsp3) is 0.316. The van der Waals surface area contributed by atoms with Gasteiger partial charge in [0, 0.05) is 16.4 Å². The summed E-state index contributed by atoms with van der Waals surface area (Å²) in [6, 6.07) is 30.5. The summed E-state index contributed by atoms with van der Waals surface area (Å²) in [6.07, 6.45) is 1.61. The SMILES string of the molecule is CC(C)c1ccc(Br)cc1.CC(C)c1ccc(C#N)cc1.CC(C)c1ccc(C#N)cc1F.CC(C)c1ccc(C#N)cn1. The second kappa shape index (κ2) is 19.8. The number of hydrogen-bond donors (Lipinski definition) is 0. The van der Waals surface area contributed by atoms with E-state index in [9.17, 15) is 4.39 Å². The zero-order valence-electron chi connectivity index (χ0n) is 26.9. The van der Waals surface area contributed by atoms with E-state index in [0.29, 0.717) is 34.4 Å². The van der Waals surface area contributed by atoms with Gasteiger partial charge in [-0.05, 0) is 88.9 Å². The molecule has 4 rings (SSSR count). The molecule has 0 atom stereocenters. The monoisotopic (exact) mass is 652 g/mol. The number of aromatic nitrogens is 1. The fourth-order valence-electron chi connectivity index (χ4n) is 3.67. The summed E-state index contributed by atoms with van der Waals surface area (Å²) in [4.78, 5) is 4.13. The van der Waals surface area contributed by atoms with Crippen LogP contribution in [0.25, 0.3) is 0 Å². The minimum absolute atomic E-state index is 0.165. The third kappa shape index (κ3) is 13.8. The maximum atomic E-state index is 13.1. The van der Waals surface area contributed by atoms with Crippen LogP contribution in [-0.2, 0) is 0 Å². The first-order valence-electron chi connectivity index (χ1n) is 14.6. The molecule has 6 heteroatoms. The molecule has 1 heterocycles. The van der Waals surface area contributed by atoms with Crippen LogP contribution in [0.4, 0.5) is 4.39 Å². The number of pyridine rings is 1. The molecular weight excluding hydrogens is 611 g/mol. The lowest BCUT2D eigenvalue weighted by Crippen LogP contribution is -1.92. The van der Waals surface area contributed by atoms with Crippen LogP contribution in [0.15, 0.2) is 89.5 Å². The van der Waals surface area contributed by atoms with Crippen LogP contribution in [0.1, 0.15) is 118 Å². The van der Waals surface area contributed by atoms with Crippen LogP contribution in [0, 0.1) is 39.8 Å². The molecule has 0 aliphatic rings. The Morgan fingerprint density at radius 1 is 0.568 bits per heavy atom. The summed E-state index contributed by atoms with van der Waals surface area (Å²) in [6.45, 7) is 16.7. The Hall–Kier alpha value is -4.31. The zero-order chi connectivity index (χ0) is 33.2. The first-order chi connectivity index (χ1) is 20.8. The Bertz CT molecular complexity index is 1470. The molecule has 0 unspecified atom stereocenters. The number of hydrogen-bond acceptors (Lipinski definition) is 4. The summed E-state index contributed by atoms with van der Waals surface area (Å²) in [5.74, 6) is 1.49. The van der Waals surface area contributed by atoms with Crippen molar-refractivity contribution >= 4 is 15.9 Å². The van der Waals surface area contributed by atoms with E-state index in [1.54, 1.807) is 24.4 Å². The molecule has 3 aromatic carbocycles. The van der Waals surface area contributed by atoms with Gasteiger partial charge in [-0.1, -0.05) is 102 Å². The first kappa shape index (κ1) is 37.7. The number of rotatable bonds is 4. The van der Waals surface area contributed by atoms with Crippen molar-refractivity contribution in [2.24, 2.45) is 0 Å². The Morgan fingerprint density at radius 2 is 1.02 bits per heavy atom. The molecule has 228 valence electrons. The molecule has 0 aliphatic carbocycles. The van der Waals surface area contributed by atoms with Crippen molar-refractivity contribution < 1.29 is 4.39 Å². The molecule has 4 nitrogen and oxygen atoms in total. The highest BCUT2D eigenvalue weighted by Crippen LogP contribution is 2.19. The molecule has 0 fully saturated rings. The molecule has 44 heavy (non-hydrogen) atoms.